The van der Waals surface area contributed by atoms with Crippen molar-refractivity contribution in [2.45, 2.75) is 18.3 Å². The zero-order valence-corrected chi connectivity index (χ0v) is 21.2. The third-order valence-electron chi connectivity index (χ3n) is 7.59. The van der Waals surface area contributed by atoms with E-state index < -0.39 is 12.2 Å². The molecule has 2 aliphatic rings. The molecule has 0 saturated heterocycles. The van der Waals surface area contributed by atoms with Crippen LogP contribution in [0.2, 0.25) is 0 Å². The Morgan fingerprint density at radius 3 is 1.63 bits per heavy atom. The number of carbonyl (C=O) groups is 2. The third-order valence-corrected chi connectivity index (χ3v) is 7.59. The summed E-state index contributed by atoms with van der Waals surface area (Å²) in [7, 11) is 1.28. The van der Waals surface area contributed by atoms with Gasteiger partial charge in [0.15, 0.2) is 0 Å². The summed E-state index contributed by atoms with van der Waals surface area (Å²) in [5, 5.41) is 0. The predicted octanol–water partition coefficient (Wildman–Crippen LogP) is 7.41. The highest BCUT2D eigenvalue weighted by molar-refractivity contribution is 5.88. The molecule has 2 aliphatic carbocycles. The number of hydrogen-bond donors (Lipinski definition) is 0. The molecule has 189 valence electrons. The Hall–Kier alpha value is -4.38. The molecule has 6 rings (SSSR count). The largest absolute Gasteiger partial charge is 0.452 e. The number of benzene rings is 4. The Bertz CT molecular complexity index is 1420. The average Bonchev–Trinajstić information content (AvgIpc) is 3.46. The van der Waals surface area contributed by atoms with E-state index in [4.69, 9.17) is 9.47 Å². The molecule has 1 radical (unpaired) electrons. The second kappa shape index (κ2) is 10.2. The summed E-state index contributed by atoms with van der Waals surface area (Å²) in [6.07, 6.45) is 1.26. The van der Waals surface area contributed by atoms with Crippen LogP contribution in [0.4, 0.5) is 9.59 Å². The second-order valence-corrected chi connectivity index (χ2v) is 9.60. The number of hydrogen-bond acceptors (Lipinski definition) is 4. The number of ether oxygens (including phenoxy) is 2. The Morgan fingerprint density at radius 1 is 0.684 bits per heavy atom. The van der Waals surface area contributed by atoms with Crippen molar-refractivity contribution < 1.29 is 19.1 Å². The van der Waals surface area contributed by atoms with Crippen LogP contribution < -0.4 is 0 Å². The summed E-state index contributed by atoms with van der Waals surface area (Å²) < 4.78 is 10.7. The summed E-state index contributed by atoms with van der Waals surface area (Å²) in [5.41, 5.74) is 9.48. The van der Waals surface area contributed by atoms with Crippen molar-refractivity contribution in [3.8, 4) is 22.3 Å². The van der Waals surface area contributed by atoms with Gasteiger partial charge in [-0.1, -0.05) is 97.1 Å². The minimum absolute atomic E-state index is 0.0797. The Balaban J connectivity index is 1.14. The number of amides is 2. The van der Waals surface area contributed by atoms with E-state index in [1.165, 1.54) is 29.4 Å². The van der Waals surface area contributed by atoms with Crippen molar-refractivity contribution in [3.63, 3.8) is 0 Å². The van der Waals surface area contributed by atoms with E-state index in [-0.39, 0.29) is 25.0 Å². The quantitative estimate of drug-likeness (QED) is 0.275. The van der Waals surface area contributed by atoms with Crippen LogP contribution in [0.5, 0.6) is 0 Å². The SMILES string of the molecule is COC(=O)N(CC[CH]C1c2ccccc2-c2ccccc21)C(=O)OCC1c2ccccc2-c2ccccc21. The normalized spacial score (nSPS) is 13.3. The first-order valence-corrected chi connectivity index (χ1v) is 12.9. The summed E-state index contributed by atoms with van der Waals surface area (Å²) >= 11 is 0. The van der Waals surface area contributed by atoms with Crippen molar-refractivity contribution in [1.29, 1.82) is 0 Å². The molecule has 0 N–H and O–H groups in total. The van der Waals surface area contributed by atoms with Crippen LogP contribution in [-0.2, 0) is 9.47 Å². The fraction of sp³-hybridized carbons (Fsp3) is 0.182. The van der Waals surface area contributed by atoms with E-state index in [1.807, 2.05) is 48.5 Å². The lowest BCUT2D eigenvalue weighted by Crippen LogP contribution is -2.38. The van der Waals surface area contributed by atoms with E-state index in [0.29, 0.717) is 6.42 Å². The predicted molar refractivity (Wildman–Crippen MR) is 147 cm³/mol. The summed E-state index contributed by atoms with van der Waals surface area (Å²) in [6.45, 7) is 0.317. The summed E-state index contributed by atoms with van der Waals surface area (Å²) in [4.78, 5) is 26.7. The Morgan fingerprint density at radius 2 is 1.13 bits per heavy atom. The van der Waals surface area contributed by atoms with Gasteiger partial charge in [0.25, 0.3) is 0 Å². The number of carbonyl (C=O) groups excluding carboxylic acids is 2. The van der Waals surface area contributed by atoms with Crippen molar-refractivity contribution >= 4 is 12.2 Å². The number of fused-ring (bicyclic) bond motifs is 6. The first kappa shape index (κ1) is 24.0. The first-order valence-electron chi connectivity index (χ1n) is 12.9. The maximum atomic E-state index is 13.1. The zero-order valence-electron chi connectivity index (χ0n) is 21.2. The van der Waals surface area contributed by atoms with Crippen molar-refractivity contribution in [2.75, 3.05) is 20.3 Å². The van der Waals surface area contributed by atoms with E-state index in [9.17, 15) is 9.59 Å². The maximum Gasteiger partial charge on any atom is 0.419 e. The highest BCUT2D eigenvalue weighted by Gasteiger charge is 2.32. The van der Waals surface area contributed by atoms with Gasteiger partial charge in [-0.15, -0.1) is 0 Å². The summed E-state index contributed by atoms with van der Waals surface area (Å²) in [5.74, 6) is 0.0216. The van der Waals surface area contributed by atoms with Gasteiger partial charge < -0.3 is 9.47 Å². The van der Waals surface area contributed by atoms with Gasteiger partial charge in [-0.3, -0.25) is 0 Å². The van der Waals surface area contributed by atoms with E-state index in [0.717, 1.165) is 27.2 Å². The number of methoxy groups -OCH3 is 1. The first-order chi connectivity index (χ1) is 18.7. The molecule has 0 saturated carbocycles. The Labute approximate surface area is 222 Å². The van der Waals surface area contributed by atoms with Gasteiger partial charge in [-0.25, -0.2) is 14.5 Å². The molecule has 4 aromatic rings. The highest BCUT2D eigenvalue weighted by Crippen LogP contribution is 2.46. The fourth-order valence-corrected chi connectivity index (χ4v) is 5.86. The Kier molecular flexibility index (Phi) is 6.42. The second-order valence-electron chi connectivity index (χ2n) is 9.60. The molecule has 0 aromatic heterocycles. The molecule has 0 atom stereocenters. The molecule has 0 heterocycles. The highest BCUT2D eigenvalue weighted by atomic mass is 16.6. The lowest BCUT2D eigenvalue weighted by molar-refractivity contribution is 0.0848. The van der Waals surface area contributed by atoms with Crippen LogP contribution >= 0.6 is 0 Å². The molecule has 38 heavy (non-hydrogen) atoms. The zero-order chi connectivity index (χ0) is 26.1. The smallest absolute Gasteiger partial charge is 0.419 e. The lowest BCUT2D eigenvalue weighted by Gasteiger charge is -2.22. The van der Waals surface area contributed by atoms with Crippen LogP contribution in [0.15, 0.2) is 97.1 Å². The molecule has 5 heteroatoms. The van der Waals surface area contributed by atoms with Gasteiger partial charge in [-0.2, -0.15) is 0 Å². The van der Waals surface area contributed by atoms with E-state index in [1.54, 1.807) is 0 Å². The van der Waals surface area contributed by atoms with Gasteiger partial charge in [-0.05, 0) is 57.3 Å². The lowest BCUT2D eigenvalue weighted by atomic mass is 9.92. The van der Waals surface area contributed by atoms with Gasteiger partial charge >= 0.3 is 12.2 Å². The van der Waals surface area contributed by atoms with E-state index >= 15 is 0 Å². The molecule has 0 bridgehead atoms. The van der Waals surface area contributed by atoms with Gasteiger partial charge in [0.1, 0.15) is 6.61 Å². The molecule has 2 amide bonds. The topological polar surface area (TPSA) is 55.8 Å². The number of rotatable bonds is 6. The van der Waals surface area contributed by atoms with Crippen LogP contribution in [0.25, 0.3) is 22.3 Å². The van der Waals surface area contributed by atoms with Crippen molar-refractivity contribution in [3.05, 3.63) is 126 Å². The van der Waals surface area contributed by atoms with Gasteiger partial charge in [0.05, 0.1) is 7.11 Å². The fourth-order valence-electron chi connectivity index (χ4n) is 5.86. The molecule has 0 aliphatic heterocycles. The van der Waals surface area contributed by atoms with E-state index in [2.05, 4.69) is 55.0 Å². The number of imide groups is 1. The molecule has 0 unspecified atom stereocenters. The molecular formula is C33H28NO4. The van der Waals surface area contributed by atoms with Crippen molar-refractivity contribution in [1.82, 2.24) is 4.90 Å². The van der Waals surface area contributed by atoms with Crippen molar-refractivity contribution in [2.24, 2.45) is 0 Å². The molecular weight excluding hydrogens is 474 g/mol. The average molecular weight is 503 g/mol. The maximum absolute atomic E-state index is 13.1. The van der Waals surface area contributed by atoms with Crippen LogP contribution in [-0.4, -0.2) is 37.3 Å². The third kappa shape index (κ3) is 4.14. The minimum Gasteiger partial charge on any atom is -0.452 e. The standard InChI is InChI=1S/C33H28NO4/c1-37-32(35)34(20-10-19-28-24-13-4-2-11-22(24)23-12-3-5-14-25(23)28)33(36)38-21-31-29-17-8-6-15-26(29)27-16-7-9-18-30(27)31/h2-9,11-19,28,31H,10,20-21H2,1H3. The van der Waals surface area contributed by atoms with Gasteiger partial charge in [0.2, 0.25) is 0 Å². The monoisotopic (exact) mass is 502 g/mol. The van der Waals surface area contributed by atoms with Crippen LogP contribution in [0.3, 0.4) is 0 Å². The molecule has 4 aromatic carbocycles. The number of nitrogens with zero attached hydrogens (tertiary/aromatic N) is 1. The van der Waals surface area contributed by atoms with Crippen LogP contribution in [0.1, 0.15) is 40.5 Å². The molecule has 5 nitrogen and oxygen atoms in total. The van der Waals surface area contributed by atoms with Gasteiger partial charge in [0, 0.05) is 18.4 Å². The minimum atomic E-state index is -0.720. The molecule has 0 spiro atoms. The summed E-state index contributed by atoms with van der Waals surface area (Å²) in [6, 6.07) is 33.1. The molecule has 0 fully saturated rings. The van der Waals surface area contributed by atoms with Crippen LogP contribution in [0, 0.1) is 6.42 Å².